The van der Waals surface area contributed by atoms with Crippen LogP contribution < -0.4 is 15.1 Å². The lowest BCUT2D eigenvalue weighted by molar-refractivity contribution is 0.132. The average molecular weight is 419 g/mol. The molecule has 0 aliphatic carbocycles. The van der Waals surface area contributed by atoms with E-state index in [4.69, 9.17) is 4.74 Å². The maximum absolute atomic E-state index is 14.8. The number of anilines is 2. The second-order valence-electron chi connectivity index (χ2n) is 7.10. The molecule has 1 atom stereocenters. The Kier molecular flexibility index (Phi) is 5.63. The number of cyclic esters (lactones) is 1. The second kappa shape index (κ2) is 8.51. The molecule has 1 unspecified atom stereocenters. The van der Waals surface area contributed by atoms with Crippen molar-refractivity contribution in [1.82, 2.24) is 25.5 Å². The summed E-state index contributed by atoms with van der Waals surface area (Å²) in [5.41, 5.74) is 0.892. The van der Waals surface area contributed by atoms with E-state index >= 15 is 0 Å². The van der Waals surface area contributed by atoms with Gasteiger partial charge in [-0.3, -0.25) is 4.90 Å². The topological polar surface area (TPSA) is 115 Å². The number of tetrazole rings is 1. The summed E-state index contributed by atoms with van der Waals surface area (Å²) in [4.78, 5) is 28.2. The lowest BCUT2D eigenvalue weighted by Crippen LogP contribution is -2.36. The molecule has 4 rings (SSSR count). The van der Waals surface area contributed by atoms with Gasteiger partial charge in [0, 0.05) is 13.1 Å². The number of aromatic nitrogens is 4. The molecule has 11 nitrogen and oxygen atoms in total. The predicted molar refractivity (Wildman–Crippen MR) is 103 cm³/mol. The third-order valence-corrected chi connectivity index (χ3v) is 5.27. The van der Waals surface area contributed by atoms with Gasteiger partial charge in [0.2, 0.25) is 0 Å². The zero-order valence-electron chi connectivity index (χ0n) is 16.4. The molecule has 1 aromatic carbocycles. The minimum Gasteiger partial charge on any atom is -0.453 e. The number of hydrogen-bond acceptors (Lipinski definition) is 8. The van der Waals surface area contributed by atoms with E-state index in [1.54, 1.807) is 16.9 Å². The highest BCUT2D eigenvalue weighted by Crippen LogP contribution is 2.31. The Morgan fingerprint density at radius 3 is 2.83 bits per heavy atom. The Bertz CT molecular complexity index is 902. The van der Waals surface area contributed by atoms with Crippen molar-refractivity contribution in [2.24, 2.45) is 0 Å². The Morgan fingerprint density at radius 2 is 2.17 bits per heavy atom. The summed E-state index contributed by atoms with van der Waals surface area (Å²) in [6.45, 7) is 1.65. The van der Waals surface area contributed by atoms with Crippen molar-refractivity contribution >= 4 is 23.6 Å². The molecular formula is C18H22FN7O4. The second-order valence-corrected chi connectivity index (χ2v) is 7.10. The molecule has 2 amide bonds. The van der Waals surface area contributed by atoms with Crippen molar-refractivity contribution in [2.45, 2.75) is 25.0 Å². The highest BCUT2D eigenvalue weighted by molar-refractivity contribution is 5.90. The Hall–Kier alpha value is -3.44. The Balaban J connectivity index is 1.38. The minimum atomic E-state index is -0.608. The summed E-state index contributed by atoms with van der Waals surface area (Å²) in [7, 11) is 1.25. The number of nitrogens with one attached hydrogen (secondary N) is 1. The van der Waals surface area contributed by atoms with Gasteiger partial charge in [0.25, 0.3) is 0 Å². The van der Waals surface area contributed by atoms with E-state index in [1.807, 2.05) is 4.90 Å². The van der Waals surface area contributed by atoms with Crippen molar-refractivity contribution in [3.8, 4) is 0 Å². The molecule has 0 spiro atoms. The first-order valence-electron chi connectivity index (χ1n) is 9.62. The molecule has 0 bridgehead atoms. The molecule has 2 aromatic rings. The third-order valence-electron chi connectivity index (χ3n) is 5.27. The molecule has 2 aliphatic heterocycles. The van der Waals surface area contributed by atoms with E-state index in [-0.39, 0.29) is 19.1 Å². The number of carbonyl (C=O) groups is 2. The number of methoxy groups -OCH3 is 1. The summed E-state index contributed by atoms with van der Waals surface area (Å²) in [5.74, 6) is -0.409. The van der Waals surface area contributed by atoms with Gasteiger partial charge < -0.3 is 19.7 Å². The fourth-order valence-corrected chi connectivity index (χ4v) is 3.71. The van der Waals surface area contributed by atoms with Gasteiger partial charge in [-0.2, -0.15) is 4.80 Å². The molecule has 2 saturated heterocycles. The number of hydrogen-bond donors (Lipinski definition) is 1. The maximum atomic E-state index is 14.8. The van der Waals surface area contributed by atoms with Gasteiger partial charge in [-0.05, 0) is 36.3 Å². The number of nitrogens with zero attached hydrogens (tertiary/aromatic N) is 6. The molecule has 3 heterocycles. The van der Waals surface area contributed by atoms with Crippen LogP contribution in [0.15, 0.2) is 24.5 Å². The first-order valence-corrected chi connectivity index (χ1v) is 9.62. The fraction of sp³-hybridized carbons (Fsp3) is 0.500. The molecular weight excluding hydrogens is 397 g/mol. The SMILES string of the molecule is COC(=O)NCC1CN(c2ccc(N3CCC(n4ncnn4)CC3)c(F)c2)C(=O)O1. The number of halogens is 1. The Morgan fingerprint density at radius 1 is 1.37 bits per heavy atom. The van der Waals surface area contributed by atoms with E-state index in [2.05, 4.69) is 25.5 Å². The first-order chi connectivity index (χ1) is 14.5. The minimum absolute atomic E-state index is 0.116. The zero-order chi connectivity index (χ0) is 21.1. The number of amides is 2. The largest absolute Gasteiger partial charge is 0.453 e. The summed E-state index contributed by atoms with van der Waals surface area (Å²) in [6.07, 6.45) is 1.24. The van der Waals surface area contributed by atoms with E-state index in [0.717, 1.165) is 12.8 Å². The number of piperidine rings is 1. The number of ether oxygens (including phenoxy) is 2. The highest BCUT2D eigenvalue weighted by Gasteiger charge is 2.33. The highest BCUT2D eigenvalue weighted by atomic mass is 19.1. The lowest BCUT2D eigenvalue weighted by atomic mass is 10.0. The van der Waals surface area contributed by atoms with Crippen LogP contribution in [0.4, 0.5) is 25.4 Å². The van der Waals surface area contributed by atoms with Crippen LogP contribution >= 0.6 is 0 Å². The number of carbonyl (C=O) groups excluding carboxylic acids is 2. The standard InChI is InChI=1S/C18H22FN7O4/c1-29-17(27)20-9-14-10-25(18(28)30-14)13-2-3-16(15(19)8-13)24-6-4-12(5-7-24)26-22-11-21-23-26/h2-3,8,11-12,14H,4-7,9-10H2,1H3,(H,20,27). The van der Waals surface area contributed by atoms with Gasteiger partial charge >= 0.3 is 12.2 Å². The smallest absolute Gasteiger partial charge is 0.414 e. The van der Waals surface area contributed by atoms with E-state index in [1.165, 1.54) is 24.4 Å². The van der Waals surface area contributed by atoms with Crippen molar-refractivity contribution in [3.63, 3.8) is 0 Å². The Labute approximate surface area is 171 Å². The molecule has 1 N–H and O–H groups in total. The van der Waals surface area contributed by atoms with Crippen LogP contribution in [0.25, 0.3) is 0 Å². The average Bonchev–Trinajstić information content (AvgIpc) is 3.42. The zero-order valence-corrected chi connectivity index (χ0v) is 16.4. The van der Waals surface area contributed by atoms with Gasteiger partial charge in [0.05, 0.1) is 37.6 Å². The lowest BCUT2D eigenvalue weighted by Gasteiger charge is -2.33. The van der Waals surface area contributed by atoms with Gasteiger partial charge in [-0.1, -0.05) is 0 Å². The van der Waals surface area contributed by atoms with Gasteiger partial charge in [0.15, 0.2) is 6.33 Å². The van der Waals surface area contributed by atoms with Crippen LogP contribution in [-0.2, 0) is 9.47 Å². The molecule has 30 heavy (non-hydrogen) atoms. The van der Waals surface area contributed by atoms with Crippen molar-refractivity contribution in [2.75, 3.05) is 43.1 Å². The first kappa shape index (κ1) is 19.9. The molecule has 2 aliphatic rings. The number of benzene rings is 1. The molecule has 160 valence electrons. The monoisotopic (exact) mass is 419 g/mol. The van der Waals surface area contributed by atoms with Crippen LogP contribution in [0.1, 0.15) is 18.9 Å². The summed E-state index contributed by atoms with van der Waals surface area (Å²) >= 11 is 0. The fourth-order valence-electron chi connectivity index (χ4n) is 3.71. The number of alkyl carbamates (subject to hydrolysis) is 1. The molecule has 0 saturated carbocycles. The molecule has 0 radical (unpaired) electrons. The van der Waals surface area contributed by atoms with Crippen molar-refractivity contribution in [1.29, 1.82) is 0 Å². The quantitative estimate of drug-likeness (QED) is 0.772. The summed E-state index contributed by atoms with van der Waals surface area (Å²) < 4.78 is 24.6. The van der Waals surface area contributed by atoms with Gasteiger partial charge in [-0.15, -0.1) is 10.2 Å². The maximum Gasteiger partial charge on any atom is 0.414 e. The van der Waals surface area contributed by atoms with Crippen LogP contribution in [0.5, 0.6) is 0 Å². The van der Waals surface area contributed by atoms with Crippen molar-refractivity contribution < 1.29 is 23.5 Å². The van der Waals surface area contributed by atoms with Gasteiger partial charge in [0.1, 0.15) is 11.9 Å². The number of rotatable bonds is 5. The normalized spacial score (nSPS) is 19.7. The molecule has 2 fully saturated rings. The van der Waals surface area contributed by atoms with Crippen LogP contribution in [0.2, 0.25) is 0 Å². The van der Waals surface area contributed by atoms with Crippen LogP contribution in [-0.4, -0.2) is 71.8 Å². The summed E-state index contributed by atoms with van der Waals surface area (Å²) in [5, 5.41) is 14.2. The van der Waals surface area contributed by atoms with Crippen LogP contribution in [0, 0.1) is 5.82 Å². The van der Waals surface area contributed by atoms with E-state index < -0.39 is 24.1 Å². The van der Waals surface area contributed by atoms with Crippen LogP contribution in [0.3, 0.4) is 0 Å². The predicted octanol–water partition coefficient (Wildman–Crippen LogP) is 1.33. The van der Waals surface area contributed by atoms with E-state index in [0.29, 0.717) is 24.5 Å². The summed E-state index contributed by atoms with van der Waals surface area (Å²) in [6, 6.07) is 4.85. The van der Waals surface area contributed by atoms with Crippen molar-refractivity contribution in [3.05, 3.63) is 30.3 Å². The third kappa shape index (κ3) is 4.11. The molecule has 1 aromatic heterocycles. The molecule has 12 heteroatoms. The van der Waals surface area contributed by atoms with Gasteiger partial charge in [-0.25, -0.2) is 14.0 Å². The van der Waals surface area contributed by atoms with E-state index in [9.17, 15) is 14.0 Å².